The Morgan fingerprint density at radius 1 is 1.03 bits per heavy atom. The van der Waals surface area contributed by atoms with Gasteiger partial charge in [-0.1, -0.05) is 18.2 Å². The molecule has 0 bridgehead atoms. The Morgan fingerprint density at radius 2 is 1.87 bits per heavy atom. The summed E-state index contributed by atoms with van der Waals surface area (Å²) in [6, 6.07) is 16.4. The summed E-state index contributed by atoms with van der Waals surface area (Å²) in [5.41, 5.74) is 8.15. The minimum atomic E-state index is 0.556. The molecular formula is C24H25N7. The van der Waals surface area contributed by atoms with Gasteiger partial charge in [0.2, 0.25) is 5.95 Å². The molecule has 0 saturated heterocycles. The van der Waals surface area contributed by atoms with Crippen LogP contribution in [0.2, 0.25) is 0 Å². The van der Waals surface area contributed by atoms with Gasteiger partial charge in [-0.05, 0) is 73.0 Å². The number of aromatic nitrogens is 3. The third-order valence-corrected chi connectivity index (χ3v) is 5.78. The number of rotatable bonds is 5. The molecule has 2 aromatic carbocycles. The van der Waals surface area contributed by atoms with Crippen molar-refractivity contribution in [1.82, 2.24) is 19.9 Å². The number of benzene rings is 2. The molecule has 1 aliphatic rings. The molecule has 0 spiro atoms. The smallest absolute Gasteiger partial charge is 0.247 e. The van der Waals surface area contributed by atoms with Gasteiger partial charge in [0.05, 0.1) is 0 Å². The van der Waals surface area contributed by atoms with Gasteiger partial charge in [-0.15, -0.1) is 5.10 Å². The third-order valence-electron chi connectivity index (χ3n) is 5.78. The van der Waals surface area contributed by atoms with E-state index in [0.29, 0.717) is 5.95 Å². The van der Waals surface area contributed by atoms with Crippen molar-refractivity contribution in [2.24, 2.45) is 0 Å². The van der Waals surface area contributed by atoms with Gasteiger partial charge in [0.25, 0.3) is 0 Å². The number of nitrogens with zero attached hydrogens (tertiary/aromatic N) is 3. The summed E-state index contributed by atoms with van der Waals surface area (Å²) in [6.45, 7) is 2.04. The molecule has 0 atom stereocenters. The van der Waals surface area contributed by atoms with Crippen LogP contribution in [0.1, 0.15) is 16.7 Å². The Hall–Kier alpha value is -3.71. The van der Waals surface area contributed by atoms with E-state index in [9.17, 15) is 0 Å². The van der Waals surface area contributed by atoms with Crippen LogP contribution in [0.3, 0.4) is 0 Å². The second-order valence-electron chi connectivity index (χ2n) is 7.65. The Labute approximate surface area is 181 Å². The Bertz CT molecular complexity index is 1260. The highest BCUT2D eigenvalue weighted by Gasteiger charge is 2.15. The van der Waals surface area contributed by atoms with Crippen LogP contribution >= 0.6 is 0 Å². The van der Waals surface area contributed by atoms with E-state index in [-0.39, 0.29) is 0 Å². The molecule has 0 radical (unpaired) electrons. The van der Waals surface area contributed by atoms with Crippen molar-refractivity contribution in [3.63, 3.8) is 0 Å². The molecule has 156 valence electrons. The lowest BCUT2D eigenvalue weighted by molar-refractivity contribution is 0.711. The van der Waals surface area contributed by atoms with Crippen molar-refractivity contribution >= 4 is 29.2 Å². The van der Waals surface area contributed by atoms with E-state index >= 15 is 0 Å². The molecule has 0 aliphatic carbocycles. The maximum absolute atomic E-state index is 7.91. The van der Waals surface area contributed by atoms with E-state index in [4.69, 9.17) is 10.4 Å². The summed E-state index contributed by atoms with van der Waals surface area (Å²) in [4.78, 5) is 4.78. The molecule has 5 rings (SSSR count). The van der Waals surface area contributed by atoms with Crippen LogP contribution in [-0.4, -0.2) is 40.9 Å². The summed E-state index contributed by atoms with van der Waals surface area (Å²) in [5.74, 6) is 0.556. The fraction of sp³-hybridized carbons (Fsp3) is 0.208. The normalized spacial score (nSPS) is 13.5. The summed E-state index contributed by atoms with van der Waals surface area (Å²) in [5, 5.41) is 22.5. The number of pyridine rings is 1. The van der Waals surface area contributed by atoms with Crippen molar-refractivity contribution in [3.8, 4) is 11.1 Å². The Morgan fingerprint density at radius 3 is 2.71 bits per heavy atom. The van der Waals surface area contributed by atoms with Crippen molar-refractivity contribution in [2.45, 2.75) is 12.8 Å². The number of hydrogen-bond acceptors (Lipinski definition) is 6. The van der Waals surface area contributed by atoms with Crippen LogP contribution in [0.5, 0.6) is 0 Å². The zero-order chi connectivity index (χ0) is 21.2. The first-order valence-electron chi connectivity index (χ1n) is 10.5. The molecule has 31 heavy (non-hydrogen) atoms. The van der Waals surface area contributed by atoms with E-state index < -0.39 is 0 Å². The maximum Gasteiger partial charge on any atom is 0.247 e. The van der Waals surface area contributed by atoms with Crippen LogP contribution in [0, 0.1) is 5.41 Å². The van der Waals surface area contributed by atoms with Crippen LogP contribution < -0.4 is 16.0 Å². The van der Waals surface area contributed by atoms with Crippen molar-refractivity contribution in [1.29, 1.82) is 5.41 Å². The molecule has 0 fully saturated rings. The molecule has 1 aliphatic heterocycles. The van der Waals surface area contributed by atoms with Crippen molar-refractivity contribution in [3.05, 3.63) is 71.4 Å². The fourth-order valence-electron chi connectivity index (χ4n) is 4.22. The lowest BCUT2D eigenvalue weighted by Crippen LogP contribution is -2.16. The highest BCUT2D eigenvalue weighted by molar-refractivity contribution is 5.98. The first-order valence-corrected chi connectivity index (χ1v) is 10.5. The summed E-state index contributed by atoms with van der Waals surface area (Å²) in [7, 11) is 1.86. The Balaban J connectivity index is 1.53. The quantitative estimate of drug-likeness (QED) is 0.374. The molecule has 3 heterocycles. The standard InChI is InChI=1S/C24H25N7/c1-26-22-6-2-4-19(21(22)15-25)20-5-3-13-31-23(20)29-24(30-31)28-18-8-7-16-9-11-27-12-10-17(16)14-18/h2-8,13-15,25-27H,9-12H2,1H3,(H,28,30). The highest BCUT2D eigenvalue weighted by atomic mass is 15.3. The largest absolute Gasteiger partial charge is 0.388 e. The molecule has 0 unspecified atom stereocenters. The first-order chi connectivity index (χ1) is 15.3. The molecular weight excluding hydrogens is 386 g/mol. The van der Waals surface area contributed by atoms with E-state index in [1.165, 1.54) is 17.3 Å². The van der Waals surface area contributed by atoms with E-state index in [1.807, 2.05) is 43.6 Å². The summed E-state index contributed by atoms with van der Waals surface area (Å²) < 4.78 is 1.78. The molecule has 0 saturated carbocycles. The lowest BCUT2D eigenvalue weighted by Gasteiger charge is -2.11. The lowest BCUT2D eigenvalue weighted by atomic mass is 9.99. The van der Waals surface area contributed by atoms with Gasteiger partial charge in [0.1, 0.15) is 0 Å². The van der Waals surface area contributed by atoms with Crippen LogP contribution in [-0.2, 0) is 12.8 Å². The minimum Gasteiger partial charge on any atom is -0.388 e. The zero-order valence-corrected chi connectivity index (χ0v) is 17.4. The molecule has 7 heteroatoms. The third kappa shape index (κ3) is 3.64. The average Bonchev–Trinajstić information content (AvgIpc) is 3.07. The van der Waals surface area contributed by atoms with E-state index in [1.54, 1.807) is 4.52 Å². The van der Waals surface area contributed by atoms with Gasteiger partial charge in [-0.25, -0.2) is 4.52 Å². The average molecular weight is 412 g/mol. The number of hydrogen-bond donors (Lipinski definition) is 4. The second-order valence-corrected chi connectivity index (χ2v) is 7.65. The Kier molecular flexibility index (Phi) is 5.09. The molecule has 4 N–H and O–H groups in total. The molecule has 4 aromatic rings. The monoisotopic (exact) mass is 411 g/mol. The number of anilines is 3. The highest BCUT2D eigenvalue weighted by Crippen LogP contribution is 2.31. The van der Waals surface area contributed by atoms with Gasteiger partial charge in [-0.2, -0.15) is 4.98 Å². The SMILES string of the molecule is CNc1cccc(-c2cccn3nc(Nc4ccc5c(c4)CCNCC5)nc23)c1C=N. The van der Waals surface area contributed by atoms with E-state index in [0.717, 1.165) is 59.6 Å². The minimum absolute atomic E-state index is 0.556. The number of fused-ring (bicyclic) bond motifs is 2. The summed E-state index contributed by atoms with van der Waals surface area (Å²) in [6.07, 6.45) is 5.37. The van der Waals surface area contributed by atoms with Crippen LogP contribution in [0.25, 0.3) is 16.8 Å². The second kappa shape index (κ2) is 8.20. The summed E-state index contributed by atoms with van der Waals surface area (Å²) >= 11 is 0. The predicted octanol–water partition coefficient (Wildman–Crippen LogP) is 3.87. The number of nitrogens with one attached hydrogen (secondary N) is 4. The molecule has 0 amide bonds. The topological polar surface area (TPSA) is 90.1 Å². The van der Waals surface area contributed by atoms with Gasteiger partial charge in [-0.3, -0.25) is 0 Å². The van der Waals surface area contributed by atoms with Crippen molar-refractivity contribution < 1.29 is 0 Å². The maximum atomic E-state index is 7.91. The molecule has 7 nitrogen and oxygen atoms in total. The molecule has 2 aromatic heterocycles. The van der Waals surface area contributed by atoms with Crippen molar-refractivity contribution in [2.75, 3.05) is 30.8 Å². The van der Waals surface area contributed by atoms with Gasteiger partial charge < -0.3 is 21.4 Å². The van der Waals surface area contributed by atoms with Gasteiger partial charge in [0, 0.05) is 42.0 Å². The van der Waals surface area contributed by atoms with E-state index in [2.05, 4.69) is 39.2 Å². The fourth-order valence-corrected chi connectivity index (χ4v) is 4.22. The van der Waals surface area contributed by atoms with Crippen LogP contribution in [0.4, 0.5) is 17.3 Å². The first kappa shape index (κ1) is 19.3. The van der Waals surface area contributed by atoms with Gasteiger partial charge >= 0.3 is 0 Å². The zero-order valence-electron chi connectivity index (χ0n) is 17.4. The predicted molar refractivity (Wildman–Crippen MR) is 126 cm³/mol. The van der Waals surface area contributed by atoms with Crippen LogP contribution in [0.15, 0.2) is 54.7 Å². The van der Waals surface area contributed by atoms with Gasteiger partial charge in [0.15, 0.2) is 5.65 Å².